The van der Waals surface area contributed by atoms with Crippen LogP contribution in [0.1, 0.15) is 46.0 Å². The molecule has 1 aliphatic heterocycles. The fraction of sp³-hybridized carbons (Fsp3) is 0.462. The molecule has 1 heterocycles. The summed E-state index contributed by atoms with van der Waals surface area (Å²) >= 11 is 1.46. The Labute approximate surface area is 201 Å². The molecule has 1 aliphatic rings. The lowest BCUT2D eigenvalue weighted by Gasteiger charge is -2.22. The molecule has 1 fully saturated rings. The van der Waals surface area contributed by atoms with Crippen LogP contribution in [0.25, 0.3) is 0 Å². The highest BCUT2D eigenvalue weighted by Crippen LogP contribution is 2.26. The summed E-state index contributed by atoms with van der Waals surface area (Å²) in [5, 5.41) is 5.67. The maximum atomic E-state index is 13.1. The zero-order valence-corrected chi connectivity index (χ0v) is 20.6. The maximum Gasteiger partial charge on any atom is 0.246 e. The SMILES string of the molecule is CCCCC(NC(=O)C(C)Sc1ccc(OC)cc1)C(=O)Nc1cccc(N2CCCC2)c1. The average molecular weight is 470 g/mol. The van der Waals surface area contributed by atoms with Crippen molar-refractivity contribution in [2.24, 2.45) is 0 Å². The van der Waals surface area contributed by atoms with Gasteiger partial charge in [0.1, 0.15) is 11.8 Å². The Hall–Kier alpha value is -2.67. The van der Waals surface area contributed by atoms with Gasteiger partial charge in [-0.25, -0.2) is 0 Å². The van der Waals surface area contributed by atoms with Gasteiger partial charge in [0.15, 0.2) is 0 Å². The van der Waals surface area contributed by atoms with Gasteiger partial charge >= 0.3 is 0 Å². The number of benzene rings is 2. The Balaban J connectivity index is 1.61. The molecule has 2 N–H and O–H groups in total. The van der Waals surface area contributed by atoms with Gasteiger partial charge < -0.3 is 20.3 Å². The van der Waals surface area contributed by atoms with Crippen molar-refractivity contribution in [1.29, 1.82) is 0 Å². The van der Waals surface area contributed by atoms with Crippen molar-refractivity contribution < 1.29 is 14.3 Å². The Bertz CT molecular complexity index is 913. The predicted octanol–water partition coefficient (Wildman–Crippen LogP) is 5.09. The molecule has 6 nitrogen and oxygen atoms in total. The van der Waals surface area contributed by atoms with Crippen LogP contribution in [0.5, 0.6) is 5.75 Å². The molecular weight excluding hydrogens is 434 g/mol. The number of hydrogen-bond acceptors (Lipinski definition) is 5. The Kier molecular flexibility index (Phi) is 9.48. The molecule has 0 bridgehead atoms. The van der Waals surface area contributed by atoms with E-state index >= 15 is 0 Å². The summed E-state index contributed by atoms with van der Waals surface area (Å²) in [4.78, 5) is 29.3. The number of amides is 2. The number of hydrogen-bond donors (Lipinski definition) is 2. The molecule has 3 rings (SSSR count). The van der Waals surface area contributed by atoms with Crippen LogP contribution in [0.15, 0.2) is 53.4 Å². The second kappa shape index (κ2) is 12.5. The van der Waals surface area contributed by atoms with Gasteiger partial charge in [0.2, 0.25) is 11.8 Å². The van der Waals surface area contributed by atoms with Gasteiger partial charge in [-0.3, -0.25) is 9.59 Å². The van der Waals surface area contributed by atoms with Crippen LogP contribution >= 0.6 is 11.8 Å². The van der Waals surface area contributed by atoms with Crippen molar-refractivity contribution in [2.75, 3.05) is 30.4 Å². The van der Waals surface area contributed by atoms with Crippen molar-refractivity contribution in [1.82, 2.24) is 5.32 Å². The minimum Gasteiger partial charge on any atom is -0.497 e. The molecular formula is C26H35N3O3S. The van der Waals surface area contributed by atoms with Gasteiger partial charge in [0.05, 0.1) is 12.4 Å². The largest absolute Gasteiger partial charge is 0.497 e. The molecule has 0 aliphatic carbocycles. The van der Waals surface area contributed by atoms with Gasteiger partial charge in [-0.05, 0) is 68.7 Å². The summed E-state index contributed by atoms with van der Waals surface area (Å²) in [7, 11) is 1.63. The molecule has 2 aromatic rings. The minimum atomic E-state index is -0.563. The Morgan fingerprint density at radius 1 is 1.09 bits per heavy atom. The number of thioether (sulfide) groups is 1. The van der Waals surface area contributed by atoms with Crippen LogP contribution in [0, 0.1) is 0 Å². The molecule has 0 spiro atoms. The third-order valence-electron chi connectivity index (χ3n) is 5.81. The number of carbonyl (C=O) groups excluding carboxylic acids is 2. The lowest BCUT2D eigenvalue weighted by atomic mass is 10.1. The molecule has 0 radical (unpaired) electrons. The number of unbranched alkanes of at least 4 members (excludes halogenated alkanes) is 1. The van der Waals surface area contributed by atoms with Crippen LogP contribution in [-0.4, -0.2) is 43.3 Å². The highest BCUT2D eigenvalue weighted by Gasteiger charge is 2.24. The van der Waals surface area contributed by atoms with Gasteiger partial charge in [-0.1, -0.05) is 25.8 Å². The monoisotopic (exact) mass is 469 g/mol. The fourth-order valence-corrected chi connectivity index (χ4v) is 4.74. The second-order valence-electron chi connectivity index (χ2n) is 8.37. The van der Waals surface area contributed by atoms with Crippen molar-refractivity contribution in [2.45, 2.75) is 62.1 Å². The number of rotatable bonds is 11. The highest BCUT2D eigenvalue weighted by atomic mass is 32.2. The van der Waals surface area contributed by atoms with Crippen molar-refractivity contribution >= 4 is 35.0 Å². The quantitative estimate of drug-likeness (QED) is 0.449. The van der Waals surface area contributed by atoms with Crippen molar-refractivity contribution in [3.8, 4) is 5.75 Å². The van der Waals surface area contributed by atoms with Gasteiger partial charge in [0.25, 0.3) is 0 Å². The number of nitrogens with zero attached hydrogens (tertiary/aromatic N) is 1. The molecule has 33 heavy (non-hydrogen) atoms. The van der Waals surface area contributed by atoms with E-state index in [1.807, 2.05) is 49.4 Å². The van der Waals surface area contributed by atoms with E-state index in [2.05, 4.69) is 28.5 Å². The van der Waals surface area contributed by atoms with E-state index in [0.29, 0.717) is 6.42 Å². The first-order chi connectivity index (χ1) is 16.0. The first-order valence-corrected chi connectivity index (χ1v) is 12.6. The van der Waals surface area contributed by atoms with Crippen LogP contribution in [0.2, 0.25) is 0 Å². The number of ether oxygens (including phenoxy) is 1. The van der Waals surface area contributed by atoms with Gasteiger partial charge in [0, 0.05) is 29.4 Å². The summed E-state index contributed by atoms with van der Waals surface area (Å²) in [6.07, 6.45) is 4.84. The summed E-state index contributed by atoms with van der Waals surface area (Å²) in [6.45, 7) is 6.05. The number of nitrogens with one attached hydrogen (secondary N) is 2. The van der Waals surface area contributed by atoms with E-state index in [1.54, 1.807) is 7.11 Å². The third kappa shape index (κ3) is 7.42. The zero-order valence-electron chi connectivity index (χ0n) is 19.8. The summed E-state index contributed by atoms with van der Waals surface area (Å²) in [5.74, 6) is 0.469. The average Bonchev–Trinajstić information content (AvgIpc) is 3.37. The van der Waals surface area contributed by atoms with E-state index in [9.17, 15) is 9.59 Å². The minimum absolute atomic E-state index is 0.141. The van der Waals surface area contributed by atoms with E-state index in [1.165, 1.54) is 24.6 Å². The molecule has 7 heteroatoms. The predicted molar refractivity (Wildman–Crippen MR) is 136 cm³/mol. The molecule has 2 amide bonds. The number of anilines is 2. The molecule has 0 aromatic heterocycles. The lowest BCUT2D eigenvalue weighted by molar-refractivity contribution is -0.126. The maximum absolute atomic E-state index is 13.1. The smallest absolute Gasteiger partial charge is 0.246 e. The summed E-state index contributed by atoms with van der Waals surface area (Å²) < 4.78 is 5.19. The number of methoxy groups -OCH3 is 1. The van der Waals surface area contributed by atoms with Crippen molar-refractivity contribution in [3.63, 3.8) is 0 Å². The van der Waals surface area contributed by atoms with Crippen LogP contribution in [0.3, 0.4) is 0 Å². The van der Waals surface area contributed by atoms with Gasteiger partial charge in [-0.2, -0.15) is 0 Å². The molecule has 2 unspecified atom stereocenters. The zero-order chi connectivity index (χ0) is 23.6. The summed E-state index contributed by atoms with van der Waals surface area (Å²) in [6, 6.07) is 15.0. The normalized spacial score (nSPS) is 15.1. The van der Waals surface area contributed by atoms with E-state index in [0.717, 1.165) is 48.0 Å². The third-order valence-corrected chi connectivity index (χ3v) is 6.92. The first kappa shape index (κ1) is 25.0. The van der Waals surface area contributed by atoms with Gasteiger partial charge in [-0.15, -0.1) is 11.8 Å². The molecule has 2 atom stereocenters. The van der Waals surface area contributed by atoms with Crippen LogP contribution in [0.4, 0.5) is 11.4 Å². The second-order valence-corrected chi connectivity index (χ2v) is 9.79. The van der Waals surface area contributed by atoms with E-state index in [4.69, 9.17) is 4.74 Å². The van der Waals surface area contributed by atoms with Crippen LogP contribution < -0.4 is 20.3 Å². The standard InChI is InChI=1S/C26H35N3O3S/c1-4-5-11-24(28-25(30)19(2)33-23-14-12-22(32-3)13-15-23)26(31)27-20-9-8-10-21(18-20)29-16-6-7-17-29/h8-10,12-15,18-19,24H,4-7,11,16-17H2,1-3H3,(H,27,31)(H,28,30). The fourth-order valence-electron chi connectivity index (χ4n) is 3.86. The summed E-state index contributed by atoms with van der Waals surface area (Å²) in [5.41, 5.74) is 1.89. The molecule has 2 aromatic carbocycles. The molecule has 178 valence electrons. The van der Waals surface area contributed by atoms with Crippen molar-refractivity contribution in [3.05, 3.63) is 48.5 Å². The first-order valence-electron chi connectivity index (χ1n) is 11.8. The van der Waals surface area contributed by atoms with Crippen LogP contribution in [-0.2, 0) is 9.59 Å². The Morgan fingerprint density at radius 3 is 2.48 bits per heavy atom. The molecule has 1 saturated heterocycles. The lowest BCUT2D eigenvalue weighted by Crippen LogP contribution is -2.46. The van der Waals surface area contributed by atoms with E-state index < -0.39 is 6.04 Å². The number of carbonyl (C=O) groups is 2. The molecule has 0 saturated carbocycles. The Morgan fingerprint density at radius 2 is 1.82 bits per heavy atom. The highest BCUT2D eigenvalue weighted by molar-refractivity contribution is 8.00. The topological polar surface area (TPSA) is 70.7 Å². The van der Waals surface area contributed by atoms with E-state index in [-0.39, 0.29) is 17.1 Å².